The highest BCUT2D eigenvalue weighted by Gasteiger charge is 2.48. The van der Waals surface area contributed by atoms with E-state index in [-0.39, 0.29) is 28.0 Å². The molecule has 2 N–H and O–H groups in total. The van der Waals surface area contributed by atoms with Crippen molar-refractivity contribution in [3.05, 3.63) is 106 Å². The average Bonchev–Trinajstić information content (AvgIpc) is 3.64. The molecule has 1 unspecified atom stereocenters. The number of aryl methyl sites for hydroxylation is 2. The summed E-state index contributed by atoms with van der Waals surface area (Å²) in [6.07, 6.45) is 1.81. The third-order valence-corrected chi connectivity index (χ3v) is 8.97. The number of nitrogens with zero attached hydrogens (tertiary/aromatic N) is 5. The van der Waals surface area contributed by atoms with Crippen molar-refractivity contribution in [3.63, 3.8) is 0 Å². The summed E-state index contributed by atoms with van der Waals surface area (Å²) in [5, 5.41) is 30.0. The van der Waals surface area contributed by atoms with Crippen LogP contribution < -0.4 is 4.90 Å². The normalized spacial score (nSPS) is 16.7. The van der Waals surface area contributed by atoms with Gasteiger partial charge in [0.2, 0.25) is 5.13 Å². The van der Waals surface area contributed by atoms with E-state index in [2.05, 4.69) is 15.2 Å². The van der Waals surface area contributed by atoms with E-state index in [4.69, 9.17) is 0 Å². The Morgan fingerprint density at radius 2 is 1.78 bits per heavy atom. The Hall–Kier alpha value is -4.55. The molecular weight excluding hydrogens is 565 g/mol. The quantitative estimate of drug-likeness (QED) is 0.0870. The number of fused-ring (bicyclic) bond motifs is 1. The zero-order valence-corrected chi connectivity index (χ0v) is 23.4. The lowest BCUT2D eigenvalue weighted by molar-refractivity contribution is -0.132. The minimum atomic E-state index is -1.04. The molecule has 1 saturated heterocycles. The number of carbonyl (C=O) groups excluding carboxylic acids is 2. The molecule has 9 nitrogen and oxygen atoms in total. The number of aromatic hydroxyl groups is 1. The van der Waals surface area contributed by atoms with Crippen molar-refractivity contribution in [1.29, 1.82) is 0 Å². The Kier molecular flexibility index (Phi) is 6.80. The fourth-order valence-corrected chi connectivity index (χ4v) is 6.58. The third kappa shape index (κ3) is 4.74. The van der Waals surface area contributed by atoms with Crippen LogP contribution >= 0.6 is 23.1 Å². The third-order valence-electron chi connectivity index (χ3n) is 6.84. The van der Waals surface area contributed by atoms with Crippen LogP contribution in [0.4, 0.5) is 9.52 Å². The first-order valence-electron chi connectivity index (χ1n) is 12.5. The van der Waals surface area contributed by atoms with E-state index in [1.165, 1.54) is 40.9 Å². The van der Waals surface area contributed by atoms with Crippen LogP contribution in [0.5, 0.6) is 5.75 Å². The van der Waals surface area contributed by atoms with Gasteiger partial charge in [0.1, 0.15) is 22.9 Å². The van der Waals surface area contributed by atoms with E-state index in [1.807, 2.05) is 29.7 Å². The molecule has 6 rings (SSSR count). The van der Waals surface area contributed by atoms with Crippen LogP contribution in [0.15, 0.2) is 76.8 Å². The highest BCUT2D eigenvalue weighted by atomic mass is 32.2. The molecule has 206 valence electrons. The Morgan fingerprint density at radius 1 is 1.05 bits per heavy atom. The summed E-state index contributed by atoms with van der Waals surface area (Å²) in [4.78, 5) is 32.8. The van der Waals surface area contributed by atoms with Gasteiger partial charge in [0, 0.05) is 11.9 Å². The maximum atomic E-state index is 13.5. The first-order valence-corrected chi connectivity index (χ1v) is 14.3. The Morgan fingerprint density at radius 3 is 2.49 bits per heavy atom. The summed E-state index contributed by atoms with van der Waals surface area (Å²) < 4.78 is 15.6. The summed E-state index contributed by atoms with van der Waals surface area (Å²) in [6.45, 7) is 3.66. The number of aliphatic hydroxyl groups excluding tert-OH is 1. The van der Waals surface area contributed by atoms with Gasteiger partial charge in [-0.3, -0.25) is 14.5 Å². The van der Waals surface area contributed by atoms with Gasteiger partial charge in [-0.05, 0) is 60.9 Å². The fourth-order valence-electron chi connectivity index (χ4n) is 4.76. The number of thioether (sulfide) groups is 1. The number of aromatic nitrogens is 4. The van der Waals surface area contributed by atoms with Crippen molar-refractivity contribution >= 4 is 51.3 Å². The van der Waals surface area contributed by atoms with E-state index in [1.54, 1.807) is 31.2 Å². The number of rotatable bonds is 6. The molecule has 0 aliphatic carbocycles. The number of phenolic OH excluding ortho intramolecular Hbond substituents is 1. The molecule has 1 atom stereocenters. The zero-order valence-electron chi connectivity index (χ0n) is 21.8. The first-order chi connectivity index (χ1) is 19.7. The number of pyridine rings is 1. The van der Waals surface area contributed by atoms with Gasteiger partial charge in [-0.1, -0.05) is 53.4 Å². The average molecular weight is 588 g/mol. The van der Waals surface area contributed by atoms with E-state index >= 15 is 0 Å². The van der Waals surface area contributed by atoms with Gasteiger partial charge in [0.05, 0.1) is 17.3 Å². The number of hydrogen-bond donors (Lipinski definition) is 2. The minimum Gasteiger partial charge on any atom is -0.508 e. The van der Waals surface area contributed by atoms with Crippen molar-refractivity contribution in [3.8, 4) is 5.75 Å². The van der Waals surface area contributed by atoms with E-state index in [9.17, 15) is 24.2 Å². The standard InChI is InChI=1S/C29H22FN5O4S2/c1-15-4-3-13-34-16(2)22(31-26(15)34)24(37)21-23(18-7-11-20(36)12-8-18)35(27(39)25(21)38)28-32-33-29(41-28)40-14-17-5-9-19(30)10-6-17/h3-13,23,36-37H,14H2,1-2H3. The lowest BCUT2D eigenvalue weighted by Crippen LogP contribution is -2.29. The second-order valence-electron chi connectivity index (χ2n) is 9.46. The van der Waals surface area contributed by atoms with Crippen LogP contribution in [-0.2, 0) is 15.3 Å². The lowest BCUT2D eigenvalue weighted by atomic mass is 9.96. The summed E-state index contributed by atoms with van der Waals surface area (Å²) in [7, 11) is 0. The number of amides is 1. The maximum Gasteiger partial charge on any atom is 0.301 e. The zero-order chi connectivity index (χ0) is 28.8. The predicted octanol–water partition coefficient (Wildman–Crippen LogP) is 5.57. The lowest BCUT2D eigenvalue weighted by Gasteiger charge is -2.22. The van der Waals surface area contributed by atoms with Crippen LogP contribution in [0.3, 0.4) is 0 Å². The number of halogens is 1. The van der Waals surface area contributed by atoms with Crippen molar-refractivity contribution in [2.75, 3.05) is 4.90 Å². The van der Waals surface area contributed by atoms with Crippen molar-refractivity contribution in [1.82, 2.24) is 19.6 Å². The molecule has 1 fully saturated rings. The van der Waals surface area contributed by atoms with Crippen LogP contribution in [-0.4, -0.2) is 41.5 Å². The second-order valence-corrected chi connectivity index (χ2v) is 11.6. The number of aliphatic hydroxyl groups is 1. The number of imidazole rings is 1. The van der Waals surface area contributed by atoms with Crippen molar-refractivity contribution in [2.45, 2.75) is 30.0 Å². The maximum absolute atomic E-state index is 13.5. The molecule has 5 aromatic rings. The van der Waals surface area contributed by atoms with Crippen LogP contribution in [0.1, 0.15) is 34.1 Å². The van der Waals surface area contributed by atoms with Gasteiger partial charge >= 0.3 is 5.91 Å². The second kappa shape index (κ2) is 10.5. The number of ketones is 1. The summed E-state index contributed by atoms with van der Waals surface area (Å²) in [6, 6.07) is 14.9. The number of carbonyl (C=O) groups is 2. The number of phenols is 1. The van der Waals surface area contributed by atoms with Gasteiger partial charge in [-0.25, -0.2) is 9.37 Å². The number of hydrogen-bond acceptors (Lipinski definition) is 9. The Balaban J connectivity index is 1.43. The fraction of sp³-hybridized carbons (Fsp3) is 0.138. The van der Waals surface area contributed by atoms with E-state index in [0.717, 1.165) is 22.5 Å². The molecule has 4 heterocycles. The topological polar surface area (TPSA) is 121 Å². The van der Waals surface area contributed by atoms with Crippen molar-refractivity contribution < 1.29 is 24.2 Å². The molecule has 0 saturated carbocycles. The Labute approximate surface area is 241 Å². The molecule has 0 spiro atoms. The van der Waals surface area contributed by atoms with Gasteiger partial charge in [-0.2, -0.15) is 0 Å². The van der Waals surface area contributed by atoms with Crippen LogP contribution in [0.2, 0.25) is 0 Å². The molecule has 0 radical (unpaired) electrons. The molecule has 41 heavy (non-hydrogen) atoms. The molecule has 2 aromatic carbocycles. The van der Waals surface area contributed by atoms with Crippen LogP contribution in [0, 0.1) is 19.7 Å². The molecule has 0 bridgehead atoms. The largest absolute Gasteiger partial charge is 0.508 e. The highest BCUT2D eigenvalue weighted by molar-refractivity contribution is 8.00. The number of benzene rings is 2. The van der Waals surface area contributed by atoms with Gasteiger partial charge in [0.25, 0.3) is 5.78 Å². The van der Waals surface area contributed by atoms with E-state index < -0.39 is 23.5 Å². The Bertz CT molecular complexity index is 1850. The molecule has 1 aliphatic heterocycles. The minimum absolute atomic E-state index is 0.00719. The smallest absolute Gasteiger partial charge is 0.301 e. The highest BCUT2D eigenvalue weighted by Crippen LogP contribution is 2.44. The molecule has 12 heteroatoms. The van der Waals surface area contributed by atoms with Gasteiger partial charge < -0.3 is 14.6 Å². The molecule has 1 amide bonds. The molecular formula is C29H22FN5O4S2. The van der Waals surface area contributed by atoms with Crippen LogP contribution in [0.25, 0.3) is 11.4 Å². The van der Waals surface area contributed by atoms with Crippen molar-refractivity contribution in [2.24, 2.45) is 0 Å². The molecule has 3 aromatic heterocycles. The molecule has 1 aliphatic rings. The predicted molar refractivity (Wildman–Crippen MR) is 153 cm³/mol. The summed E-state index contributed by atoms with van der Waals surface area (Å²) in [5.74, 6) is -1.97. The number of Topliss-reactive ketones (excluding diaryl/α,β-unsaturated/α-hetero) is 1. The monoisotopic (exact) mass is 587 g/mol. The summed E-state index contributed by atoms with van der Waals surface area (Å²) >= 11 is 2.49. The SMILES string of the molecule is Cc1cccn2c(C)c(C(O)=C3C(=O)C(=O)N(c4nnc(SCc5ccc(F)cc5)s4)C3c3ccc(O)cc3)nc12. The summed E-state index contributed by atoms with van der Waals surface area (Å²) in [5.41, 5.74) is 3.52. The van der Waals surface area contributed by atoms with E-state index in [0.29, 0.717) is 27.0 Å². The first kappa shape index (κ1) is 26.7. The van der Waals surface area contributed by atoms with Gasteiger partial charge in [-0.15, -0.1) is 10.2 Å². The van der Waals surface area contributed by atoms with Gasteiger partial charge in [0.15, 0.2) is 10.1 Å². The number of anilines is 1.